The van der Waals surface area contributed by atoms with Crippen LogP contribution in [0.2, 0.25) is 0 Å². The predicted molar refractivity (Wildman–Crippen MR) is 145 cm³/mol. The molecular weight excluding hydrogens is 484 g/mol. The summed E-state index contributed by atoms with van der Waals surface area (Å²) in [6, 6.07) is 17.0. The zero-order valence-electron chi connectivity index (χ0n) is 22.0. The molecule has 1 saturated heterocycles. The quantitative estimate of drug-likeness (QED) is 0.289. The molecular formula is C30H30N2O6. The van der Waals surface area contributed by atoms with E-state index in [1.165, 1.54) is 19.1 Å². The van der Waals surface area contributed by atoms with Gasteiger partial charge in [-0.05, 0) is 72.6 Å². The van der Waals surface area contributed by atoms with Gasteiger partial charge in [0, 0.05) is 37.5 Å². The van der Waals surface area contributed by atoms with Crippen molar-refractivity contribution in [3.8, 4) is 17.2 Å². The van der Waals surface area contributed by atoms with Crippen molar-refractivity contribution in [3.05, 3.63) is 82.9 Å². The van der Waals surface area contributed by atoms with Gasteiger partial charge in [-0.1, -0.05) is 6.07 Å². The molecule has 3 aromatic carbocycles. The average Bonchev–Trinajstić information content (AvgIpc) is 3.42. The molecule has 8 nitrogen and oxygen atoms in total. The summed E-state index contributed by atoms with van der Waals surface area (Å²) >= 11 is 0. The van der Waals surface area contributed by atoms with Crippen LogP contribution in [0.3, 0.4) is 0 Å². The molecule has 1 fully saturated rings. The molecule has 38 heavy (non-hydrogen) atoms. The number of aliphatic hydroxyl groups excluding tert-OH is 1. The molecule has 2 aliphatic rings. The Balaban J connectivity index is 1.69. The van der Waals surface area contributed by atoms with Crippen molar-refractivity contribution in [2.24, 2.45) is 0 Å². The van der Waals surface area contributed by atoms with Gasteiger partial charge in [0.25, 0.3) is 11.7 Å². The Kier molecular flexibility index (Phi) is 6.48. The molecule has 2 heterocycles. The number of amides is 1. The number of Topliss-reactive ketones (excluding diaryl/α,β-unsaturated/α-hetero) is 1. The first-order valence-electron chi connectivity index (χ1n) is 12.3. The molecule has 8 heteroatoms. The molecule has 0 bridgehead atoms. The maximum atomic E-state index is 13.5. The first kappa shape index (κ1) is 25.2. The van der Waals surface area contributed by atoms with Gasteiger partial charge >= 0.3 is 0 Å². The number of ether oxygens (including phenoxy) is 3. The van der Waals surface area contributed by atoms with Crippen molar-refractivity contribution in [1.82, 2.24) is 0 Å². The number of ketones is 1. The van der Waals surface area contributed by atoms with Crippen molar-refractivity contribution in [2.45, 2.75) is 25.5 Å². The summed E-state index contributed by atoms with van der Waals surface area (Å²) in [7, 11) is 6.90. The number of hydrogen-bond donors (Lipinski definition) is 1. The predicted octanol–water partition coefficient (Wildman–Crippen LogP) is 4.72. The fraction of sp³-hybridized carbons (Fsp3) is 0.267. The molecule has 0 spiro atoms. The molecule has 196 valence electrons. The summed E-state index contributed by atoms with van der Waals surface area (Å²) in [4.78, 5) is 30.4. The zero-order chi connectivity index (χ0) is 27.1. The number of fused-ring (bicyclic) bond motifs is 1. The van der Waals surface area contributed by atoms with Crippen LogP contribution in [0.1, 0.15) is 29.7 Å². The number of nitrogens with zero attached hydrogens (tertiary/aromatic N) is 2. The normalized spacial score (nSPS) is 19.8. The van der Waals surface area contributed by atoms with Crippen LogP contribution in [0.5, 0.6) is 17.2 Å². The maximum absolute atomic E-state index is 13.5. The van der Waals surface area contributed by atoms with E-state index in [-0.39, 0.29) is 17.4 Å². The van der Waals surface area contributed by atoms with E-state index in [0.717, 1.165) is 17.0 Å². The number of carbonyl (C=O) groups is 2. The first-order valence-corrected chi connectivity index (χ1v) is 12.3. The standard InChI is InChI=1S/C30H30N2O6/c1-17-14-20-15-19(7-12-23(20)38-17)28(33)26-27(18-6-13-24(36-4)25(16-18)37-5)32(30(35)29(26)34)22-10-8-21(9-11-22)31(2)3/h6-13,15-17,27,33H,14H2,1-5H3/b28-26+. The summed E-state index contributed by atoms with van der Waals surface area (Å²) in [5.74, 6) is -0.00513. The number of hydrogen-bond acceptors (Lipinski definition) is 7. The van der Waals surface area contributed by atoms with Gasteiger partial charge in [0.1, 0.15) is 17.6 Å². The third-order valence-electron chi connectivity index (χ3n) is 6.98. The van der Waals surface area contributed by atoms with Crippen molar-refractivity contribution in [1.29, 1.82) is 0 Å². The highest BCUT2D eigenvalue weighted by atomic mass is 16.5. The molecule has 3 aromatic rings. The van der Waals surface area contributed by atoms with Crippen LogP contribution >= 0.6 is 0 Å². The lowest BCUT2D eigenvalue weighted by Gasteiger charge is -2.26. The van der Waals surface area contributed by atoms with E-state index >= 15 is 0 Å². The Labute approximate surface area is 221 Å². The maximum Gasteiger partial charge on any atom is 0.300 e. The van der Waals surface area contributed by atoms with Gasteiger partial charge in [0.15, 0.2) is 11.5 Å². The minimum atomic E-state index is -0.886. The number of anilines is 2. The zero-order valence-corrected chi connectivity index (χ0v) is 22.0. The SMILES string of the molecule is COc1ccc(C2/C(=C(\O)c3ccc4c(c3)CC(C)O4)C(=O)C(=O)N2c2ccc(N(C)C)cc2)cc1OC. The average molecular weight is 515 g/mol. The Hall–Kier alpha value is -4.46. The van der Waals surface area contributed by atoms with Gasteiger partial charge in [0.2, 0.25) is 0 Å². The fourth-order valence-corrected chi connectivity index (χ4v) is 5.07. The minimum Gasteiger partial charge on any atom is -0.507 e. The largest absolute Gasteiger partial charge is 0.507 e. The summed E-state index contributed by atoms with van der Waals surface area (Å²) in [6.07, 6.45) is 0.729. The number of carbonyl (C=O) groups excluding carboxylic acids is 2. The van der Waals surface area contributed by atoms with E-state index in [1.54, 1.807) is 42.5 Å². The highest BCUT2D eigenvalue weighted by Crippen LogP contribution is 2.45. The molecule has 5 rings (SSSR count). The van der Waals surface area contributed by atoms with Crippen LogP contribution < -0.4 is 24.0 Å². The third kappa shape index (κ3) is 4.22. The van der Waals surface area contributed by atoms with Crippen LogP contribution in [0.25, 0.3) is 5.76 Å². The molecule has 2 unspecified atom stereocenters. The van der Waals surface area contributed by atoms with Gasteiger partial charge in [-0.3, -0.25) is 14.5 Å². The lowest BCUT2D eigenvalue weighted by atomic mass is 9.94. The van der Waals surface area contributed by atoms with Crippen molar-refractivity contribution in [3.63, 3.8) is 0 Å². The Morgan fingerprint density at radius 2 is 1.68 bits per heavy atom. The number of methoxy groups -OCH3 is 2. The highest BCUT2D eigenvalue weighted by Gasteiger charge is 2.47. The second-order valence-corrected chi connectivity index (χ2v) is 9.65. The lowest BCUT2D eigenvalue weighted by Crippen LogP contribution is -2.29. The molecule has 2 atom stereocenters. The molecule has 1 amide bonds. The molecule has 0 radical (unpaired) electrons. The van der Waals surface area contributed by atoms with Crippen LogP contribution in [0.15, 0.2) is 66.2 Å². The van der Waals surface area contributed by atoms with E-state index < -0.39 is 17.7 Å². The first-order chi connectivity index (χ1) is 18.2. The minimum absolute atomic E-state index is 0.00539. The molecule has 1 N–H and O–H groups in total. The van der Waals surface area contributed by atoms with Crippen LogP contribution in [-0.2, 0) is 16.0 Å². The molecule has 0 saturated carbocycles. The monoisotopic (exact) mass is 514 g/mol. The molecule has 0 aromatic heterocycles. The van der Waals surface area contributed by atoms with Crippen molar-refractivity contribution in [2.75, 3.05) is 38.1 Å². The highest BCUT2D eigenvalue weighted by molar-refractivity contribution is 6.51. The Morgan fingerprint density at radius 3 is 2.34 bits per heavy atom. The van der Waals surface area contributed by atoms with E-state index in [2.05, 4.69) is 0 Å². The van der Waals surface area contributed by atoms with Gasteiger partial charge in [-0.25, -0.2) is 0 Å². The summed E-state index contributed by atoms with van der Waals surface area (Å²) in [6.45, 7) is 1.98. The smallest absolute Gasteiger partial charge is 0.300 e. The van der Waals surface area contributed by atoms with Crippen LogP contribution in [0.4, 0.5) is 11.4 Å². The van der Waals surface area contributed by atoms with E-state index in [0.29, 0.717) is 34.7 Å². The van der Waals surface area contributed by atoms with Gasteiger partial charge < -0.3 is 24.2 Å². The third-order valence-corrected chi connectivity index (χ3v) is 6.98. The summed E-state index contributed by atoms with van der Waals surface area (Å²) < 4.78 is 16.7. The summed E-state index contributed by atoms with van der Waals surface area (Å²) in [5.41, 5.74) is 3.48. The number of aliphatic hydroxyl groups is 1. The second kappa shape index (κ2) is 9.78. The van der Waals surface area contributed by atoms with E-state index in [4.69, 9.17) is 14.2 Å². The van der Waals surface area contributed by atoms with E-state index in [9.17, 15) is 14.7 Å². The van der Waals surface area contributed by atoms with Crippen LogP contribution in [0, 0.1) is 0 Å². The fourth-order valence-electron chi connectivity index (χ4n) is 5.07. The molecule has 0 aliphatic carbocycles. The van der Waals surface area contributed by atoms with E-state index in [1.807, 2.05) is 44.1 Å². The Morgan fingerprint density at radius 1 is 0.974 bits per heavy atom. The van der Waals surface area contributed by atoms with Crippen molar-refractivity contribution >= 4 is 28.8 Å². The number of benzene rings is 3. The van der Waals surface area contributed by atoms with Gasteiger partial charge in [0.05, 0.1) is 25.8 Å². The second-order valence-electron chi connectivity index (χ2n) is 9.65. The topological polar surface area (TPSA) is 88.5 Å². The summed E-state index contributed by atoms with van der Waals surface area (Å²) in [5, 5.41) is 11.5. The number of rotatable bonds is 6. The Bertz CT molecular complexity index is 1440. The molecule has 2 aliphatic heterocycles. The van der Waals surface area contributed by atoms with Gasteiger partial charge in [-0.15, -0.1) is 0 Å². The lowest BCUT2D eigenvalue weighted by molar-refractivity contribution is -0.132. The van der Waals surface area contributed by atoms with Crippen LogP contribution in [-0.4, -0.2) is 51.2 Å². The van der Waals surface area contributed by atoms with Crippen molar-refractivity contribution < 1.29 is 28.9 Å². The van der Waals surface area contributed by atoms with Gasteiger partial charge in [-0.2, -0.15) is 0 Å².